The Bertz CT molecular complexity index is 862. The van der Waals surface area contributed by atoms with Crippen LogP contribution >= 0.6 is 11.6 Å². The minimum Gasteiger partial charge on any atom is -0.478 e. The topological polar surface area (TPSA) is 64.3 Å². The molecule has 1 N–H and O–H groups in total. The van der Waals surface area contributed by atoms with Crippen molar-refractivity contribution in [3.63, 3.8) is 0 Å². The van der Waals surface area contributed by atoms with Gasteiger partial charge in [-0.3, -0.25) is 0 Å². The fourth-order valence-corrected chi connectivity index (χ4v) is 2.08. The van der Waals surface area contributed by atoms with E-state index in [1.165, 1.54) is 35.3 Å². The van der Waals surface area contributed by atoms with Gasteiger partial charge in [0.1, 0.15) is 17.3 Å². The third-order valence-corrected chi connectivity index (χ3v) is 3.36. The SMILES string of the molecule is O=C(O)c1cnn(-c2ccc(Oc3cc(F)ccc3Cl)cc2)c1. The lowest BCUT2D eigenvalue weighted by atomic mass is 10.3. The van der Waals surface area contributed by atoms with Crippen molar-refractivity contribution >= 4 is 17.6 Å². The number of aromatic carboxylic acids is 1. The Morgan fingerprint density at radius 3 is 2.61 bits per heavy atom. The number of carboxylic acid groups (broad SMARTS) is 1. The van der Waals surface area contributed by atoms with E-state index in [9.17, 15) is 9.18 Å². The Morgan fingerprint density at radius 2 is 1.96 bits per heavy atom. The zero-order chi connectivity index (χ0) is 16.4. The molecular weight excluding hydrogens is 323 g/mol. The van der Waals surface area contributed by atoms with Crippen LogP contribution < -0.4 is 4.74 Å². The summed E-state index contributed by atoms with van der Waals surface area (Å²) in [6.07, 6.45) is 2.67. The lowest BCUT2D eigenvalue weighted by molar-refractivity contribution is 0.0697. The molecule has 1 heterocycles. The first-order valence-corrected chi connectivity index (χ1v) is 6.92. The van der Waals surface area contributed by atoms with Gasteiger partial charge in [-0.25, -0.2) is 13.9 Å². The van der Waals surface area contributed by atoms with E-state index in [0.717, 1.165) is 0 Å². The molecule has 23 heavy (non-hydrogen) atoms. The van der Waals surface area contributed by atoms with Crippen LogP contribution in [0.3, 0.4) is 0 Å². The van der Waals surface area contributed by atoms with Crippen LogP contribution in [0.5, 0.6) is 11.5 Å². The number of aromatic nitrogens is 2. The summed E-state index contributed by atoms with van der Waals surface area (Å²) in [4.78, 5) is 10.8. The van der Waals surface area contributed by atoms with Gasteiger partial charge in [-0.05, 0) is 36.4 Å². The number of benzene rings is 2. The van der Waals surface area contributed by atoms with Crippen LogP contribution in [-0.4, -0.2) is 20.9 Å². The van der Waals surface area contributed by atoms with Crippen molar-refractivity contribution in [2.75, 3.05) is 0 Å². The summed E-state index contributed by atoms with van der Waals surface area (Å²) in [5.74, 6) is -0.811. The molecule has 0 atom stereocenters. The molecule has 3 rings (SSSR count). The van der Waals surface area contributed by atoms with Gasteiger partial charge in [0.05, 0.1) is 22.5 Å². The Hall–Kier alpha value is -2.86. The maximum Gasteiger partial charge on any atom is 0.338 e. The molecule has 0 spiro atoms. The number of hydrogen-bond donors (Lipinski definition) is 1. The zero-order valence-electron chi connectivity index (χ0n) is 11.6. The Labute approximate surface area is 135 Å². The monoisotopic (exact) mass is 332 g/mol. The molecule has 0 unspecified atom stereocenters. The minimum atomic E-state index is -1.04. The molecule has 0 aliphatic rings. The summed E-state index contributed by atoms with van der Waals surface area (Å²) in [7, 11) is 0. The van der Waals surface area contributed by atoms with Crippen LogP contribution in [0.15, 0.2) is 54.9 Å². The number of carboxylic acids is 1. The fraction of sp³-hybridized carbons (Fsp3) is 0. The van der Waals surface area contributed by atoms with Crippen LogP contribution in [0.4, 0.5) is 4.39 Å². The molecule has 116 valence electrons. The first-order chi connectivity index (χ1) is 11.0. The molecule has 0 saturated carbocycles. The van der Waals surface area contributed by atoms with Crippen molar-refractivity contribution in [3.8, 4) is 17.2 Å². The summed E-state index contributed by atoms with van der Waals surface area (Å²) in [5.41, 5.74) is 0.757. The second-order valence-corrected chi connectivity index (χ2v) is 5.06. The maximum atomic E-state index is 13.2. The van der Waals surface area contributed by atoms with Crippen LogP contribution in [0.2, 0.25) is 5.02 Å². The highest BCUT2D eigenvalue weighted by atomic mass is 35.5. The van der Waals surface area contributed by atoms with Crippen LogP contribution in [0, 0.1) is 5.82 Å². The van der Waals surface area contributed by atoms with E-state index in [4.69, 9.17) is 21.4 Å². The van der Waals surface area contributed by atoms with Crippen molar-refractivity contribution in [2.45, 2.75) is 0 Å². The van der Waals surface area contributed by atoms with E-state index in [-0.39, 0.29) is 11.3 Å². The van der Waals surface area contributed by atoms with Crippen molar-refractivity contribution < 1.29 is 19.0 Å². The summed E-state index contributed by atoms with van der Waals surface area (Å²) in [6, 6.07) is 10.6. The number of nitrogens with zero attached hydrogens (tertiary/aromatic N) is 2. The molecule has 1 aromatic heterocycles. The lowest BCUT2D eigenvalue weighted by Crippen LogP contribution is -1.96. The summed E-state index contributed by atoms with van der Waals surface area (Å²) >= 11 is 5.94. The highest BCUT2D eigenvalue weighted by molar-refractivity contribution is 6.32. The van der Waals surface area contributed by atoms with Gasteiger partial charge < -0.3 is 9.84 Å². The van der Waals surface area contributed by atoms with Gasteiger partial charge in [0.15, 0.2) is 0 Å². The highest BCUT2D eigenvalue weighted by Crippen LogP contribution is 2.30. The second kappa shape index (κ2) is 6.10. The van der Waals surface area contributed by atoms with Gasteiger partial charge in [-0.1, -0.05) is 11.6 Å². The first-order valence-electron chi connectivity index (χ1n) is 6.54. The average Bonchev–Trinajstić information content (AvgIpc) is 3.02. The number of rotatable bonds is 4. The molecule has 7 heteroatoms. The predicted molar refractivity (Wildman–Crippen MR) is 82.0 cm³/mol. The quantitative estimate of drug-likeness (QED) is 0.779. The smallest absolute Gasteiger partial charge is 0.338 e. The van der Waals surface area contributed by atoms with Crippen molar-refractivity contribution in [1.82, 2.24) is 9.78 Å². The van der Waals surface area contributed by atoms with Gasteiger partial charge in [0.25, 0.3) is 0 Å². The van der Waals surface area contributed by atoms with E-state index >= 15 is 0 Å². The van der Waals surface area contributed by atoms with Crippen LogP contribution in [0.25, 0.3) is 5.69 Å². The largest absolute Gasteiger partial charge is 0.478 e. The Balaban J connectivity index is 1.81. The fourth-order valence-electron chi connectivity index (χ4n) is 1.92. The number of carbonyl (C=O) groups is 1. The van der Waals surface area contributed by atoms with E-state index in [1.54, 1.807) is 24.3 Å². The van der Waals surface area contributed by atoms with Gasteiger partial charge in [0, 0.05) is 12.3 Å². The third kappa shape index (κ3) is 3.32. The normalized spacial score (nSPS) is 10.5. The summed E-state index contributed by atoms with van der Waals surface area (Å²) in [5, 5.41) is 13.2. The molecule has 0 fully saturated rings. The van der Waals surface area contributed by atoms with Crippen molar-refractivity contribution in [1.29, 1.82) is 0 Å². The predicted octanol–water partition coefficient (Wildman–Crippen LogP) is 4.16. The molecule has 5 nitrogen and oxygen atoms in total. The molecule has 3 aromatic rings. The Kier molecular flexibility index (Phi) is 3.99. The average molecular weight is 333 g/mol. The summed E-state index contributed by atoms with van der Waals surface area (Å²) < 4.78 is 20.2. The van der Waals surface area contributed by atoms with Crippen LogP contribution in [0.1, 0.15) is 10.4 Å². The van der Waals surface area contributed by atoms with E-state index in [1.807, 2.05) is 0 Å². The molecule has 0 radical (unpaired) electrons. The number of hydrogen-bond acceptors (Lipinski definition) is 3. The first kappa shape index (κ1) is 15.1. The van der Waals surface area contributed by atoms with E-state index in [2.05, 4.69) is 5.10 Å². The van der Waals surface area contributed by atoms with Crippen molar-refractivity contribution in [2.24, 2.45) is 0 Å². The third-order valence-electron chi connectivity index (χ3n) is 3.05. The molecule has 0 amide bonds. The second-order valence-electron chi connectivity index (χ2n) is 4.65. The maximum absolute atomic E-state index is 13.2. The van der Waals surface area contributed by atoms with Gasteiger partial charge in [0.2, 0.25) is 0 Å². The van der Waals surface area contributed by atoms with Gasteiger partial charge in [-0.2, -0.15) is 5.10 Å². The molecule has 0 aliphatic heterocycles. The van der Waals surface area contributed by atoms with Crippen molar-refractivity contribution in [3.05, 3.63) is 71.3 Å². The molecule has 0 aliphatic carbocycles. The summed E-state index contributed by atoms with van der Waals surface area (Å²) in [6.45, 7) is 0. The number of halogens is 2. The van der Waals surface area contributed by atoms with Gasteiger partial charge in [-0.15, -0.1) is 0 Å². The number of ether oxygens (including phenoxy) is 1. The zero-order valence-corrected chi connectivity index (χ0v) is 12.4. The van der Waals surface area contributed by atoms with E-state index < -0.39 is 11.8 Å². The standard InChI is InChI=1S/C16H10ClFN2O3/c17-14-6-1-11(18)7-15(14)23-13-4-2-12(3-5-13)20-9-10(8-19-20)16(21)22/h1-9H,(H,21,22). The van der Waals surface area contributed by atoms with Gasteiger partial charge >= 0.3 is 5.97 Å². The lowest BCUT2D eigenvalue weighted by Gasteiger charge is -2.08. The molecule has 0 saturated heterocycles. The molecular formula is C16H10ClFN2O3. The van der Waals surface area contributed by atoms with Crippen LogP contribution in [-0.2, 0) is 0 Å². The Morgan fingerprint density at radius 1 is 1.22 bits per heavy atom. The molecule has 2 aromatic carbocycles. The molecule has 0 bridgehead atoms. The van der Waals surface area contributed by atoms with E-state index in [0.29, 0.717) is 16.5 Å². The minimum absolute atomic E-state index is 0.0943. The highest BCUT2D eigenvalue weighted by Gasteiger charge is 2.08.